The number of nitrogen functional groups attached to an aromatic ring is 1. The molecule has 0 unspecified atom stereocenters. The van der Waals surface area contributed by atoms with Crippen LogP contribution in [0.15, 0.2) is 23.1 Å². The van der Waals surface area contributed by atoms with Crippen molar-refractivity contribution >= 4 is 27.3 Å². The molecule has 0 aliphatic rings. The Balaban J connectivity index is 2.59. The summed E-state index contributed by atoms with van der Waals surface area (Å²) in [7, 11) is -3.81. The molecule has 0 bridgehead atoms. The summed E-state index contributed by atoms with van der Waals surface area (Å²) in [6.45, 7) is 0.435. The average molecular weight is 288 g/mol. The third kappa shape index (κ3) is 5.55. The molecule has 0 aliphatic carbocycles. The van der Waals surface area contributed by atoms with Crippen molar-refractivity contribution in [3.63, 3.8) is 0 Å². The molecule has 1 aromatic carbocycles. The van der Waals surface area contributed by atoms with Gasteiger partial charge >= 0.3 is 0 Å². The topological polar surface area (TPSA) is 151 Å². The SMILES string of the molecule is NC(=O)COCCNc1cc(N)cc(S(N)(=O)=O)c1. The van der Waals surface area contributed by atoms with Crippen molar-refractivity contribution in [1.29, 1.82) is 0 Å². The van der Waals surface area contributed by atoms with E-state index in [9.17, 15) is 13.2 Å². The molecule has 1 aromatic rings. The number of carbonyl (C=O) groups excluding carboxylic acids is 1. The number of nitrogens with one attached hydrogen (secondary N) is 1. The molecule has 0 aromatic heterocycles. The van der Waals surface area contributed by atoms with Gasteiger partial charge in [-0.2, -0.15) is 0 Å². The minimum Gasteiger partial charge on any atom is -0.399 e. The van der Waals surface area contributed by atoms with Crippen molar-refractivity contribution < 1.29 is 17.9 Å². The average Bonchev–Trinajstić information content (AvgIpc) is 2.26. The van der Waals surface area contributed by atoms with Crippen LogP contribution >= 0.6 is 0 Å². The first-order valence-corrected chi connectivity index (χ1v) is 6.87. The summed E-state index contributed by atoms with van der Waals surface area (Å²) in [6.07, 6.45) is 0. The zero-order valence-electron chi connectivity index (χ0n) is 10.1. The Labute approximate surface area is 110 Å². The van der Waals surface area contributed by atoms with Gasteiger partial charge in [0.05, 0.1) is 11.5 Å². The highest BCUT2D eigenvalue weighted by Crippen LogP contribution is 2.19. The number of carbonyl (C=O) groups is 1. The quantitative estimate of drug-likeness (QED) is 0.366. The van der Waals surface area contributed by atoms with E-state index in [0.717, 1.165) is 0 Å². The van der Waals surface area contributed by atoms with Crippen molar-refractivity contribution in [3.05, 3.63) is 18.2 Å². The van der Waals surface area contributed by atoms with Crippen LogP contribution in [0.25, 0.3) is 0 Å². The van der Waals surface area contributed by atoms with Gasteiger partial charge in [-0.15, -0.1) is 0 Å². The van der Waals surface area contributed by atoms with Gasteiger partial charge in [0.25, 0.3) is 0 Å². The fourth-order valence-corrected chi connectivity index (χ4v) is 1.92. The molecule has 7 N–H and O–H groups in total. The minimum absolute atomic E-state index is 0.0759. The molecule has 9 heteroatoms. The molecule has 0 spiro atoms. The van der Waals surface area contributed by atoms with Gasteiger partial charge in [0.1, 0.15) is 6.61 Å². The second-order valence-corrected chi connectivity index (χ2v) is 5.34. The fraction of sp³-hybridized carbons (Fsp3) is 0.300. The van der Waals surface area contributed by atoms with Crippen LogP contribution in [0.5, 0.6) is 0 Å². The number of primary amides is 1. The van der Waals surface area contributed by atoms with Gasteiger partial charge < -0.3 is 21.5 Å². The number of rotatable bonds is 7. The predicted octanol–water partition coefficient (Wildman–Crippen LogP) is -1.17. The Bertz CT molecular complexity index is 559. The van der Waals surface area contributed by atoms with Crippen molar-refractivity contribution in [2.24, 2.45) is 10.9 Å². The number of nitrogens with two attached hydrogens (primary N) is 3. The van der Waals surface area contributed by atoms with E-state index < -0.39 is 15.9 Å². The Morgan fingerprint density at radius 1 is 1.32 bits per heavy atom. The standard InChI is InChI=1S/C10H16N4O4S/c11-7-3-8(5-9(4-7)19(13,16)17)14-1-2-18-6-10(12)15/h3-5,14H,1-2,6,11H2,(H2,12,15)(H2,13,16,17). The molecule has 0 saturated carbocycles. The molecule has 0 atom stereocenters. The van der Waals surface area contributed by atoms with Crippen LogP contribution in [0, 0.1) is 0 Å². The normalized spacial score (nSPS) is 11.2. The molecule has 0 heterocycles. The molecule has 0 saturated heterocycles. The maximum atomic E-state index is 11.2. The van der Waals surface area contributed by atoms with Gasteiger partial charge in [0.2, 0.25) is 15.9 Å². The largest absolute Gasteiger partial charge is 0.399 e. The Kier molecular flexibility index (Phi) is 5.10. The van der Waals surface area contributed by atoms with E-state index in [1.807, 2.05) is 0 Å². The molecule has 19 heavy (non-hydrogen) atoms. The highest BCUT2D eigenvalue weighted by molar-refractivity contribution is 7.89. The zero-order chi connectivity index (χ0) is 14.5. The summed E-state index contributed by atoms with van der Waals surface area (Å²) in [4.78, 5) is 10.3. The highest BCUT2D eigenvalue weighted by Gasteiger charge is 2.09. The summed E-state index contributed by atoms with van der Waals surface area (Å²) in [6, 6.07) is 4.19. The second kappa shape index (κ2) is 6.36. The first kappa shape index (κ1) is 15.2. The van der Waals surface area contributed by atoms with E-state index >= 15 is 0 Å². The van der Waals surface area contributed by atoms with Crippen LogP contribution in [-0.2, 0) is 19.6 Å². The third-order valence-corrected chi connectivity index (χ3v) is 2.97. The van der Waals surface area contributed by atoms with E-state index in [-0.39, 0.29) is 23.8 Å². The van der Waals surface area contributed by atoms with Crippen molar-refractivity contribution in [2.75, 3.05) is 30.8 Å². The van der Waals surface area contributed by atoms with E-state index in [1.54, 1.807) is 6.07 Å². The molecule has 0 radical (unpaired) electrons. The van der Waals surface area contributed by atoms with Crippen molar-refractivity contribution in [3.8, 4) is 0 Å². The lowest BCUT2D eigenvalue weighted by Gasteiger charge is -2.09. The maximum absolute atomic E-state index is 11.2. The van der Waals surface area contributed by atoms with Gasteiger partial charge in [-0.3, -0.25) is 4.79 Å². The lowest BCUT2D eigenvalue weighted by Crippen LogP contribution is -2.20. The van der Waals surface area contributed by atoms with Crippen LogP contribution < -0.4 is 21.9 Å². The number of primary sulfonamides is 1. The highest BCUT2D eigenvalue weighted by atomic mass is 32.2. The monoisotopic (exact) mass is 288 g/mol. The second-order valence-electron chi connectivity index (χ2n) is 3.78. The smallest absolute Gasteiger partial charge is 0.243 e. The van der Waals surface area contributed by atoms with Gasteiger partial charge in [-0.1, -0.05) is 0 Å². The number of sulfonamides is 1. The molecule has 0 fully saturated rings. The van der Waals surface area contributed by atoms with E-state index in [0.29, 0.717) is 12.2 Å². The Hall–Kier alpha value is -1.84. The van der Waals surface area contributed by atoms with Gasteiger partial charge in [0, 0.05) is 17.9 Å². The summed E-state index contributed by atoms with van der Waals surface area (Å²) < 4.78 is 27.3. The molecule has 1 rings (SSSR count). The minimum atomic E-state index is -3.81. The number of hydrogen-bond donors (Lipinski definition) is 4. The van der Waals surface area contributed by atoms with E-state index in [2.05, 4.69) is 5.32 Å². The Morgan fingerprint density at radius 3 is 2.58 bits per heavy atom. The maximum Gasteiger partial charge on any atom is 0.243 e. The first-order valence-electron chi connectivity index (χ1n) is 5.32. The first-order chi connectivity index (χ1) is 8.79. The van der Waals surface area contributed by atoms with Crippen LogP contribution in [0.4, 0.5) is 11.4 Å². The van der Waals surface area contributed by atoms with Crippen molar-refractivity contribution in [1.82, 2.24) is 0 Å². The molecule has 106 valence electrons. The van der Waals surface area contributed by atoms with Crippen LogP contribution in [0.1, 0.15) is 0 Å². The van der Waals surface area contributed by atoms with Gasteiger partial charge in [0.15, 0.2) is 0 Å². The third-order valence-electron chi connectivity index (χ3n) is 2.08. The molecule has 0 aliphatic heterocycles. The number of anilines is 2. The van der Waals surface area contributed by atoms with Crippen LogP contribution in [0.2, 0.25) is 0 Å². The van der Waals surface area contributed by atoms with Gasteiger partial charge in [-0.25, -0.2) is 13.6 Å². The number of benzene rings is 1. The Morgan fingerprint density at radius 2 is 2.00 bits per heavy atom. The lowest BCUT2D eigenvalue weighted by molar-refractivity contribution is -0.122. The molecule has 1 amide bonds. The molecular formula is C10H16N4O4S. The van der Waals surface area contributed by atoms with Crippen molar-refractivity contribution in [2.45, 2.75) is 4.90 Å². The molecule has 8 nitrogen and oxygen atoms in total. The number of ether oxygens (including phenoxy) is 1. The molecular weight excluding hydrogens is 272 g/mol. The number of amides is 1. The zero-order valence-corrected chi connectivity index (χ0v) is 10.9. The number of hydrogen-bond acceptors (Lipinski definition) is 6. The lowest BCUT2D eigenvalue weighted by atomic mass is 10.3. The summed E-state index contributed by atoms with van der Waals surface area (Å²) in [5.74, 6) is -0.555. The predicted molar refractivity (Wildman–Crippen MR) is 70.7 cm³/mol. The van der Waals surface area contributed by atoms with E-state index in [1.165, 1.54) is 12.1 Å². The summed E-state index contributed by atoms with van der Waals surface area (Å²) in [5.41, 5.74) is 11.2. The van der Waals surface area contributed by atoms with E-state index in [4.69, 9.17) is 21.3 Å². The van der Waals surface area contributed by atoms with Crippen LogP contribution in [0.3, 0.4) is 0 Å². The fourth-order valence-electron chi connectivity index (χ4n) is 1.33. The summed E-state index contributed by atoms with van der Waals surface area (Å²) >= 11 is 0. The summed E-state index contributed by atoms with van der Waals surface area (Å²) in [5, 5.41) is 7.91. The van der Waals surface area contributed by atoms with Gasteiger partial charge in [-0.05, 0) is 18.2 Å². The van der Waals surface area contributed by atoms with Crippen LogP contribution in [-0.4, -0.2) is 34.1 Å².